The molecule has 0 amide bonds. The molecule has 1 fully saturated rings. The van der Waals surface area contributed by atoms with E-state index in [2.05, 4.69) is 10.1 Å². The Kier molecular flexibility index (Phi) is 3.46. The maximum Gasteiger partial charge on any atom is 0.504 e. The minimum absolute atomic E-state index is 0.118. The molecule has 2 aromatic heterocycles. The number of nitrogens with zero attached hydrogens (tertiary/aromatic N) is 4. The number of imidazole rings is 1. The number of halogens is 3. The summed E-state index contributed by atoms with van der Waals surface area (Å²) in [5.41, 5.74) is 1.84. The number of rotatable bonds is 3. The molecule has 0 N–H and O–H groups in total. The molecule has 124 valence electrons. The Labute approximate surface area is 132 Å². The SMILES string of the molecule is FC(F)(F)n1cc2c(n1)C(CCC1CCCCC1)n1cncc1-2. The van der Waals surface area contributed by atoms with Crippen molar-refractivity contribution in [1.29, 1.82) is 0 Å². The Bertz CT molecular complexity index is 694. The van der Waals surface area contributed by atoms with E-state index in [9.17, 15) is 13.2 Å². The number of alkyl halides is 3. The van der Waals surface area contributed by atoms with Gasteiger partial charge in [-0.15, -0.1) is 13.2 Å². The lowest BCUT2D eigenvalue weighted by atomic mass is 9.85. The van der Waals surface area contributed by atoms with Crippen LogP contribution in [0.4, 0.5) is 13.2 Å². The number of hydrogen-bond acceptors (Lipinski definition) is 2. The Hall–Kier alpha value is -1.79. The molecule has 2 aliphatic rings. The number of fused-ring (bicyclic) bond motifs is 3. The van der Waals surface area contributed by atoms with Gasteiger partial charge >= 0.3 is 6.30 Å². The first kappa shape index (κ1) is 14.8. The van der Waals surface area contributed by atoms with Crippen molar-refractivity contribution in [2.45, 2.75) is 57.3 Å². The first-order valence-electron chi connectivity index (χ1n) is 8.23. The van der Waals surface area contributed by atoms with Crippen LogP contribution >= 0.6 is 0 Å². The highest BCUT2D eigenvalue weighted by molar-refractivity contribution is 5.66. The van der Waals surface area contributed by atoms with E-state index in [4.69, 9.17) is 0 Å². The Morgan fingerprint density at radius 2 is 1.91 bits per heavy atom. The molecule has 1 saturated carbocycles. The lowest BCUT2D eigenvalue weighted by molar-refractivity contribution is -0.212. The van der Waals surface area contributed by atoms with Crippen molar-refractivity contribution >= 4 is 0 Å². The molecule has 4 rings (SSSR count). The Morgan fingerprint density at radius 1 is 1.13 bits per heavy atom. The molecule has 7 heteroatoms. The van der Waals surface area contributed by atoms with E-state index in [1.54, 1.807) is 12.5 Å². The summed E-state index contributed by atoms with van der Waals surface area (Å²) in [6, 6.07) is -0.118. The third-order valence-corrected chi connectivity index (χ3v) is 5.17. The van der Waals surface area contributed by atoms with Crippen LogP contribution in [0.25, 0.3) is 11.3 Å². The zero-order chi connectivity index (χ0) is 16.0. The molecule has 1 atom stereocenters. The first-order chi connectivity index (χ1) is 11.0. The van der Waals surface area contributed by atoms with Crippen LogP contribution in [0.1, 0.15) is 56.7 Å². The molecular weight excluding hydrogens is 305 g/mol. The zero-order valence-corrected chi connectivity index (χ0v) is 12.8. The highest BCUT2D eigenvalue weighted by atomic mass is 19.4. The van der Waals surface area contributed by atoms with Gasteiger partial charge in [0, 0.05) is 11.8 Å². The van der Waals surface area contributed by atoms with Crippen molar-refractivity contribution in [3.05, 3.63) is 24.4 Å². The Balaban J connectivity index is 1.59. The average molecular weight is 324 g/mol. The fourth-order valence-electron chi connectivity index (χ4n) is 4.00. The summed E-state index contributed by atoms with van der Waals surface area (Å²) in [6.45, 7) is 0. The molecule has 4 nitrogen and oxygen atoms in total. The quantitative estimate of drug-likeness (QED) is 0.834. The smallest absolute Gasteiger partial charge is 0.321 e. The van der Waals surface area contributed by atoms with Crippen LogP contribution < -0.4 is 0 Å². The largest absolute Gasteiger partial charge is 0.504 e. The molecule has 23 heavy (non-hydrogen) atoms. The second-order valence-corrected chi connectivity index (χ2v) is 6.62. The van der Waals surface area contributed by atoms with Gasteiger partial charge in [-0.3, -0.25) is 0 Å². The van der Waals surface area contributed by atoms with Crippen LogP contribution in [0.3, 0.4) is 0 Å². The molecule has 0 spiro atoms. The van der Waals surface area contributed by atoms with E-state index in [0.29, 0.717) is 17.2 Å². The first-order valence-corrected chi connectivity index (χ1v) is 8.23. The van der Waals surface area contributed by atoms with Crippen molar-refractivity contribution in [3.8, 4) is 11.3 Å². The van der Waals surface area contributed by atoms with E-state index in [1.165, 1.54) is 32.1 Å². The molecule has 1 aliphatic carbocycles. The molecule has 0 bridgehead atoms. The van der Waals surface area contributed by atoms with Gasteiger partial charge in [-0.1, -0.05) is 32.1 Å². The summed E-state index contributed by atoms with van der Waals surface area (Å²) < 4.78 is 40.9. The third-order valence-electron chi connectivity index (χ3n) is 5.17. The Morgan fingerprint density at radius 3 is 2.65 bits per heavy atom. The van der Waals surface area contributed by atoms with Crippen molar-refractivity contribution < 1.29 is 13.2 Å². The van der Waals surface area contributed by atoms with Gasteiger partial charge in [-0.25, -0.2) is 4.98 Å². The van der Waals surface area contributed by atoms with Crippen LogP contribution in [0.2, 0.25) is 0 Å². The van der Waals surface area contributed by atoms with E-state index >= 15 is 0 Å². The number of hydrogen-bond donors (Lipinski definition) is 0. The average Bonchev–Trinajstić information content (AvgIpc) is 3.18. The predicted molar refractivity (Wildman–Crippen MR) is 78.7 cm³/mol. The molecule has 1 aliphatic heterocycles. The zero-order valence-electron chi connectivity index (χ0n) is 12.8. The maximum atomic E-state index is 12.9. The standard InChI is InChI=1S/C16H19F3N4/c17-16(18,19)23-9-12-14-8-20-10-22(14)13(15(12)21-23)7-6-11-4-2-1-3-5-11/h8-11,13H,1-7H2. The highest BCUT2D eigenvalue weighted by Gasteiger charge is 2.38. The summed E-state index contributed by atoms with van der Waals surface area (Å²) in [6.07, 6.45) is 8.18. The van der Waals surface area contributed by atoms with Crippen LogP contribution in [-0.4, -0.2) is 19.3 Å². The molecule has 0 aromatic carbocycles. The van der Waals surface area contributed by atoms with E-state index in [-0.39, 0.29) is 10.7 Å². The lowest BCUT2D eigenvalue weighted by Gasteiger charge is -2.23. The summed E-state index contributed by atoms with van der Waals surface area (Å²) in [5.74, 6) is 0.699. The molecule has 3 heterocycles. The van der Waals surface area contributed by atoms with Crippen LogP contribution in [0, 0.1) is 5.92 Å². The van der Waals surface area contributed by atoms with E-state index in [1.807, 2.05) is 4.57 Å². The number of aromatic nitrogens is 4. The van der Waals surface area contributed by atoms with Crippen molar-refractivity contribution in [2.24, 2.45) is 5.92 Å². The van der Waals surface area contributed by atoms with Gasteiger partial charge in [0.2, 0.25) is 0 Å². The van der Waals surface area contributed by atoms with Gasteiger partial charge in [0.15, 0.2) is 0 Å². The van der Waals surface area contributed by atoms with Gasteiger partial charge in [0.25, 0.3) is 0 Å². The molecule has 2 aromatic rings. The molecule has 0 radical (unpaired) electrons. The van der Waals surface area contributed by atoms with Gasteiger partial charge in [0.05, 0.1) is 30.0 Å². The molecular formula is C16H19F3N4. The summed E-state index contributed by atoms with van der Waals surface area (Å²) in [5, 5.41) is 3.84. The van der Waals surface area contributed by atoms with Crippen molar-refractivity contribution in [2.75, 3.05) is 0 Å². The summed E-state index contributed by atoms with van der Waals surface area (Å²) in [7, 11) is 0. The lowest BCUT2D eigenvalue weighted by Crippen LogP contribution is -2.19. The highest BCUT2D eigenvalue weighted by Crippen LogP contribution is 2.43. The topological polar surface area (TPSA) is 35.6 Å². The van der Waals surface area contributed by atoms with E-state index < -0.39 is 6.30 Å². The second kappa shape index (κ2) is 5.39. The fourth-order valence-corrected chi connectivity index (χ4v) is 4.00. The minimum atomic E-state index is -4.47. The van der Waals surface area contributed by atoms with Gasteiger partial charge in [-0.2, -0.15) is 9.78 Å². The van der Waals surface area contributed by atoms with Crippen molar-refractivity contribution in [1.82, 2.24) is 19.3 Å². The maximum absolute atomic E-state index is 12.9. The monoisotopic (exact) mass is 324 g/mol. The minimum Gasteiger partial charge on any atom is -0.321 e. The summed E-state index contributed by atoms with van der Waals surface area (Å²) in [4.78, 5) is 4.10. The van der Waals surface area contributed by atoms with Gasteiger partial charge < -0.3 is 4.57 Å². The fraction of sp³-hybridized carbons (Fsp3) is 0.625. The van der Waals surface area contributed by atoms with Crippen LogP contribution in [0.15, 0.2) is 18.7 Å². The molecule has 0 saturated heterocycles. The van der Waals surface area contributed by atoms with Gasteiger partial charge in [-0.05, 0) is 18.8 Å². The van der Waals surface area contributed by atoms with Crippen LogP contribution in [-0.2, 0) is 6.30 Å². The van der Waals surface area contributed by atoms with Gasteiger partial charge in [0.1, 0.15) is 0 Å². The van der Waals surface area contributed by atoms with E-state index in [0.717, 1.165) is 24.7 Å². The normalized spacial score (nSPS) is 21.4. The predicted octanol–water partition coefficient (Wildman–Crippen LogP) is 4.49. The summed E-state index contributed by atoms with van der Waals surface area (Å²) >= 11 is 0. The molecule has 1 unspecified atom stereocenters. The van der Waals surface area contributed by atoms with Crippen LogP contribution in [0.5, 0.6) is 0 Å². The third kappa shape index (κ3) is 2.56. The second-order valence-electron chi connectivity index (χ2n) is 6.62. The van der Waals surface area contributed by atoms with Crippen molar-refractivity contribution in [3.63, 3.8) is 0 Å².